The maximum atomic E-state index is 13.2. The first kappa shape index (κ1) is 20.9. The number of anilines is 1. The Balaban J connectivity index is 1.63. The lowest BCUT2D eigenvalue weighted by Gasteiger charge is -2.19. The number of benzene rings is 2. The largest absolute Gasteiger partial charge is 0.437 e. The number of hydrogen-bond donors (Lipinski definition) is 1. The molecule has 10 heteroatoms. The smallest absolute Gasteiger partial charge is 0.271 e. The summed E-state index contributed by atoms with van der Waals surface area (Å²) in [5.74, 6) is 0.275. The van der Waals surface area contributed by atoms with Gasteiger partial charge in [-0.1, -0.05) is 54.7 Å². The van der Waals surface area contributed by atoms with Crippen molar-refractivity contribution in [3.8, 4) is 5.75 Å². The summed E-state index contributed by atoms with van der Waals surface area (Å²) in [7, 11) is -4.08. The summed E-state index contributed by atoms with van der Waals surface area (Å²) in [6.07, 6.45) is 0.171. The first-order valence-corrected chi connectivity index (χ1v) is 12.0. The van der Waals surface area contributed by atoms with Gasteiger partial charge >= 0.3 is 0 Å². The quantitative estimate of drug-likeness (QED) is 0.397. The van der Waals surface area contributed by atoms with Gasteiger partial charge in [0.1, 0.15) is 9.23 Å². The summed E-state index contributed by atoms with van der Waals surface area (Å²) in [5.41, 5.74) is 1.69. The Bertz CT molecular complexity index is 1130. The third-order valence-corrected chi connectivity index (χ3v) is 6.84. The van der Waals surface area contributed by atoms with Crippen molar-refractivity contribution in [2.45, 2.75) is 13.0 Å². The zero-order valence-corrected chi connectivity index (χ0v) is 18.2. The average molecular weight is 463 g/mol. The molecular weight excluding hydrogens is 444 g/mol. The summed E-state index contributed by atoms with van der Waals surface area (Å²) in [5, 5.41) is 0. The first-order valence-electron chi connectivity index (χ1n) is 9.15. The van der Waals surface area contributed by atoms with E-state index in [1.807, 2.05) is 48.5 Å². The summed E-state index contributed by atoms with van der Waals surface area (Å²) in [4.78, 5) is 16.8. The molecule has 0 aromatic heterocycles. The highest BCUT2D eigenvalue weighted by atomic mass is 32.2. The van der Waals surface area contributed by atoms with Crippen molar-refractivity contribution in [3.63, 3.8) is 0 Å². The van der Waals surface area contributed by atoms with Crippen LogP contribution in [0.15, 0.2) is 65.4 Å². The van der Waals surface area contributed by atoms with E-state index < -0.39 is 10.1 Å². The minimum Gasteiger partial charge on any atom is -0.437 e. The maximum absolute atomic E-state index is 13.2. The molecule has 7 nitrogen and oxygen atoms in total. The minimum absolute atomic E-state index is 0.171. The van der Waals surface area contributed by atoms with Gasteiger partial charge in [0.2, 0.25) is 5.88 Å². The third-order valence-electron chi connectivity index (χ3n) is 4.62. The molecule has 1 amide bonds. The summed E-state index contributed by atoms with van der Waals surface area (Å²) >= 11 is 6.60. The van der Waals surface area contributed by atoms with E-state index in [1.165, 1.54) is 4.90 Å². The molecule has 0 unspecified atom stereocenters. The van der Waals surface area contributed by atoms with Gasteiger partial charge in [-0.15, -0.1) is 0 Å². The standard InChI is InChI=1S/C20H18N2O5S3/c23-18-17(29-20(28)22(18)13-14-7-2-1-3-8-14)19-21(11-6-12-30(24,25)26)15-9-4-5-10-16(15)27-19/h1-5,7-10H,6,11-13H2,(H,24,25,26). The van der Waals surface area contributed by atoms with Gasteiger partial charge < -0.3 is 9.64 Å². The van der Waals surface area contributed by atoms with Crippen LogP contribution in [0.25, 0.3) is 0 Å². The van der Waals surface area contributed by atoms with Crippen LogP contribution in [-0.2, 0) is 21.5 Å². The molecule has 2 heterocycles. The fourth-order valence-electron chi connectivity index (χ4n) is 3.26. The number of fused-ring (bicyclic) bond motifs is 1. The monoisotopic (exact) mass is 462 g/mol. The maximum Gasteiger partial charge on any atom is 0.271 e. The predicted molar refractivity (Wildman–Crippen MR) is 120 cm³/mol. The lowest BCUT2D eigenvalue weighted by atomic mass is 10.2. The van der Waals surface area contributed by atoms with Crippen LogP contribution in [-0.4, -0.2) is 40.4 Å². The van der Waals surface area contributed by atoms with Crippen molar-refractivity contribution in [1.29, 1.82) is 0 Å². The van der Waals surface area contributed by atoms with Gasteiger partial charge in [-0.3, -0.25) is 14.2 Å². The zero-order valence-electron chi connectivity index (χ0n) is 15.7. The molecule has 2 aromatic carbocycles. The number of amides is 1. The molecule has 1 saturated heterocycles. The predicted octanol–water partition coefficient (Wildman–Crippen LogP) is 3.39. The molecule has 2 aromatic rings. The summed E-state index contributed by atoms with van der Waals surface area (Å²) in [6, 6.07) is 16.8. The van der Waals surface area contributed by atoms with Crippen molar-refractivity contribution in [3.05, 3.63) is 70.9 Å². The van der Waals surface area contributed by atoms with Crippen LogP contribution in [0.5, 0.6) is 5.75 Å². The second-order valence-corrected chi connectivity index (χ2v) is 9.96. The van der Waals surface area contributed by atoms with Gasteiger partial charge in [0.15, 0.2) is 5.75 Å². The number of carbonyl (C=O) groups excluding carboxylic acids is 1. The lowest BCUT2D eigenvalue weighted by Crippen LogP contribution is -2.30. The van der Waals surface area contributed by atoms with Gasteiger partial charge in [-0.05, 0) is 35.9 Å². The van der Waals surface area contributed by atoms with Gasteiger partial charge in [-0.25, -0.2) is 0 Å². The molecule has 1 fully saturated rings. The van der Waals surface area contributed by atoms with Crippen molar-refractivity contribution in [2.24, 2.45) is 0 Å². The third kappa shape index (κ3) is 4.36. The number of hydrogen-bond acceptors (Lipinski definition) is 7. The molecule has 2 aliphatic rings. The Morgan fingerprint density at radius 1 is 1.03 bits per heavy atom. The molecule has 4 rings (SSSR count). The highest BCUT2D eigenvalue weighted by molar-refractivity contribution is 8.26. The van der Waals surface area contributed by atoms with E-state index in [9.17, 15) is 13.2 Å². The van der Waals surface area contributed by atoms with Gasteiger partial charge in [0, 0.05) is 6.54 Å². The molecule has 1 N–H and O–H groups in total. The Hall–Kier alpha value is -2.40. The van der Waals surface area contributed by atoms with E-state index in [1.54, 1.807) is 11.0 Å². The first-order chi connectivity index (χ1) is 14.3. The van der Waals surface area contributed by atoms with Crippen molar-refractivity contribution in [2.75, 3.05) is 17.2 Å². The van der Waals surface area contributed by atoms with Crippen LogP contribution in [0, 0.1) is 0 Å². The van der Waals surface area contributed by atoms with Gasteiger partial charge in [0.25, 0.3) is 16.0 Å². The van der Waals surface area contributed by atoms with Crippen LogP contribution < -0.4 is 9.64 Å². The number of ether oxygens (including phenoxy) is 1. The number of para-hydroxylation sites is 2. The SMILES string of the molecule is O=C1C(=C2Oc3ccccc3N2CCCS(=O)(=O)O)SC(=S)N1Cc1ccccc1. The number of nitrogens with zero attached hydrogens (tertiary/aromatic N) is 2. The molecule has 30 heavy (non-hydrogen) atoms. The normalized spacial score (nSPS) is 18.7. The van der Waals surface area contributed by atoms with Crippen LogP contribution in [0.2, 0.25) is 0 Å². The van der Waals surface area contributed by atoms with E-state index in [2.05, 4.69) is 0 Å². The summed E-state index contributed by atoms with van der Waals surface area (Å²) in [6.45, 7) is 0.618. The minimum atomic E-state index is -4.08. The zero-order chi connectivity index (χ0) is 21.3. The Kier molecular flexibility index (Phi) is 5.83. The van der Waals surface area contributed by atoms with Crippen molar-refractivity contribution >= 4 is 50.0 Å². The molecule has 0 radical (unpaired) electrons. The second kappa shape index (κ2) is 8.38. The number of rotatable bonds is 6. The van der Waals surface area contributed by atoms with E-state index in [4.69, 9.17) is 21.5 Å². The highest BCUT2D eigenvalue weighted by Gasteiger charge is 2.40. The van der Waals surface area contributed by atoms with Crippen molar-refractivity contribution < 1.29 is 22.5 Å². The molecular formula is C20H18N2O5S3. The molecule has 156 valence electrons. The van der Waals surface area contributed by atoms with Crippen LogP contribution in [0.3, 0.4) is 0 Å². The number of thiocarbonyl (C=S) groups is 1. The van der Waals surface area contributed by atoms with Crippen LogP contribution in [0.1, 0.15) is 12.0 Å². The van der Waals surface area contributed by atoms with Crippen LogP contribution >= 0.6 is 24.0 Å². The molecule has 0 bridgehead atoms. The molecule has 2 aliphatic heterocycles. The lowest BCUT2D eigenvalue weighted by molar-refractivity contribution is -0.122. The van der Waals surface area contributed by atoms with Gasteiger partial charge in [-0.2, -0.15) is 8.42 Å². The van der Waals surface area contributed by atoms with Crippen molar-refractivity contribution in [1.82, 2.24) is 4.90 Å². The average Bonchev–Trinajstić information content (AvgIpc) is 3.20. The fraction of sp³-hybridized carbons (Fsp3) is 0.200. The second-order valence-electron chi connectivity index (χ2n) is 6.74. The Morgan fingerprint density at radius 3 is 2.47 bits per heavy atom. The van der Waals surface area contributed by atoms with E-state index in [0.717, 1.165) is 23.0 Å². The van der Waals surface area contributed by atoms with Crippen LogP contribution in [0.4, 0.5) is 5.69 Å². The van der Waals surface area contributed by atoms with Gasteiger partial charge in [0.05, 0.1) is 18.0 Å². The van der Waals surface area contributed by atoms with E-state index >= 15 is 0 Å². The molecule has 0 spiro atoms. The summed E-state index contributed by atoms with van der Waals surface area (Å²) < 4.78 is 37.7. The number of thioether (sulfide) groups is 1. The van der Waals surface area contributed by atoms with E-state index in [0.29, 0.717) is 27.4 Å². The molecule has 0 atom stereocenters. The fourth-order valence-corrected chi connectivity index (χ4v) is 5.02. The topological polar surface area (TPSA) is 87.1 Å². The highest BCUT2D eigenvalue weighted by Crippen LogP contribution is 2.44. The molecule has 0 aliphatic carbocycles. The number of carbonyl (C=O) groups is 1. The Morgan fingerprint density at radius 2 is 1.73 bits per heavy atom. The molecule has 0 saturated carbocycles. The van der Waals surface area contributed by atoms with E-state index in [-0.39, 0.29) is 24.6 Å². The Labute approximate surface area is 184 Å².